The molecule has 0 fully saturated rings. The molecule has 1 atom stereocenters. The van der Waals surface area contributed by atoms with Crippen molar-refractivity contribution in [1.82, 2.24) is 4.98 Å². The summed E-state index contributed by atoms with van der Waals surface area (Å²) in [5.41, 5.74) is 1.46. The molecule has 2 rings (SSSR count). The first-order valence-electron chi connectivity index (χ1n) is 5.63. The van der Waals surface area contributed by atoms with E-state index in [1.165, 1.54) is 12.8 Å². The summed E-state index contributed by atoms with van der Waals surface area (Å²) >= 11 is 0. The Morgan fingerprint density at radius 2 is 2.38 bits per heavy atom. The van der Waals surface area contributed by atoms with Gasteiger partial charge in [-0.05, 0) is 37.3 Å². The summed E-state index contributed by atoms with van der Waals surface area (Å²) in [6.45, 7) is 0.984. The highest BCUT2D eigenvalue weighted by molar-refractivity contribution is 5.42. The molecular formula is C13H15N3. The molecule has 1 heterocycles. The number of nitrogens with one attached hydrogen (secondary N) is 1. The molecule has 1 aromatic heterocycles. The Kier molecular flexibility index (Phi) is 3.55. The van der Waals surface area contributed by atoms with Crippen LogP contribution in [0.3, 0.4) is 0 Å². The van der Waals surface area contributed by atoms with E-state index in [1.807, 2.05) is 12.1 Å². The van der Waals surface area contributed by atoms with Crippen molar-refractivity contribution in [3.05, 3.63) is 36.2 Å². The van der Waals surface area contributed by atoms with Gasteiger partial charge in [-0.15, -0.1) is 0 Å². The summed E-state index contributed by atoms with van der Waals surface area (Å²) in [4.78, 5) is 4.02. The van der Waals surface area contributed by atoms with Gasteiger partial charge in [0.15, 0.2) is 0 Å². The Bertz CT molecular complexity index is 400. The number of aromatic nitrogens is 1. The number of nitrogens with zero attached hydrogens (tertiary/aromatic N) is 2. The molecule has 0 spiro atoms. The summed E-state index contributed by atoms with van der Waals surface area (Å²) in [6.07, 6.45) is 9.84. The molecule has 0 saturated carbocycles. The van der Waals surface area contributed by atoms with Gasteiger partial charge in [-0.1, -0.05) is 12.2 Å². The summed E-state index contributed by atoms with van der Waals surface area (Å²) in [7, 11) is 0. The van der Waals surface area contributed by atoms with Crippen LogP contribution < -0.4 is 5.32 Å². The number of anilines is 1. The summed E-state index contributed by atoms with van der Waals surface area (Å²) < 4.78 is 0. The van der Waals surface area contributed by atoms with Crippen molar-refractivity contribution in [2.75, 3.05) is 11.9 Å². The Morgan fingerprint density at radius 3 is 3.00 bits per heavy atom. The minimum Gasteiger partial charge on any atom is -0.384 e. The Balaban J connectivity index is 1.85. The molecule has 82 valence electrons. The second kappa shape index (κ2) is 5.32. The SMILES string of the molecule is N#Cc1ccc(NCC2CC=CCC2)cn1. The van der Waals surface area contributed by atoms with Crippen LogP contribution in [0.5, 0.6) is 0 Å². The fourth-order valence-electron chi connectivity index (χ4n) is 1.87. The first kappa shape index (κ1) is 10.7. The number of pyridine rings is 1. The molecule has 1 aliphatic rings. The third-order valence-corrected chi connectivity index (χ3v) is 2.85. The van der Waals surface area contributed by atoms with Gasteiger partial charge in [-0.2, -0.15) is 5.26 Å². The van der Waals surface area contributed by atoms with E-state index in [-0.39, 0.29) is 0 Å². The molecule has 0 saturated heterocycles. The van der Waals surface area contributed by atoms with Crippen LogP contribution >= 0.6 is 0 Å². The fraction of sp³-hybridized carbons (Fsp3) is 0.385. The highest BCUT2D eigenvalue weighted by Crippen LogP contribution is 2.18. The van der Waals surface area contributed by atoms with Crippen LogP contribution in [0.2, 0.25) is 0 Å². The van der Waals surface area contributed by atoms with Crippen molar-refractivity contribution in [3.8, 4) is 6.07 Å². The van der Waals surface area contributed by atoms with Gasteiger partial charge in [0.25, 0.3) is 0 Å². The second-order valence-electron chi connectivity index (χ2n) is 4.08. The smallest absolute Gasteiger partial charge is 0.140 e. The molecule has 16 heavy (non-hydrogen) atoms. The van der Waals surface area contributed by atoms with Gasteiger partial charge in [0.1, 0.15) is 11.8 Å². The fourth-order valence-corrected chi connectivity index (χ4v) is 1.87. The van der Waals surface area contributed by atoms with E-state index in [0.29, 0.717) is 5.69 Å². The lowest BCUT2D eigenvalue weighted by Gasteiger charge is -2.18. The standard InChI is InChI=1S/C13H15N3/c14-8-12-6-7-13(10-16-12)15-9-11-4-2-1-3-5-11/h1-2,6-7,10-11,15H,3-5,9H2. The van der Waals surface area contributed by atoms with Gasteiger partial charge in [0.2, 0.25) is 0 Å². The van der Waals surface area contributed by atoms with Gasteiger partial charge in [-0.3, -0.25) is 0 Å². The van der Waals surface area contributed by atoms with Crippen LogP contribution in [0.15, 0.2) is 30.5 Å². The molecule has 1 unspecified atom stereocenters. The van der Waals surface area contributed by atoms with E-state index >= 15 is 0 Å². The van der Waals surface area contributed by atoms with E-state index in [9.17, 15) is 0 Å². The molecule has 0 amide bonds. The quantitative estimate of drug-likeness (QED) is 0.785. The first-order chi connectivity index (χ1) is 7.88. The summed E-state index contributed by atoms with van der Waals surface area (Å²) in [6, 6.07) is 5.66. The maximum atomic E-state index is 8.62. The zero-order valence-corrected chi connectivity index (χ0v) is 9.19. The predicted molar refractivity (Wildman–Crippen MR) is 63.9 cm³/mol. The Hall–Kier alpha value is -1.82. The summed E-state index contributed by atoms with van der Waals surface area (Å²) in [5.74, 6) is 0.723. The van der Waals surface area contributed by atoms with Crippen molar-refractivity contribution in [1.29, 1.82) is 5.26 Å². The molecule has 3 heteroatoms. The molecule has 0 aliphatic heterocycles. The lowest BCUT2D eigenvalue weighted by atomic mass is 9.94. The zero-order valence-electron chi connectivity index (χ0n) is 9.19. The van der Waals surface area contributed by atoms with E-state index < -0.39 is 0 Å². The van der Waals surface area contributed by atoms with Crippen molar-refractivity contribution in [3.63, 3.8) is 0 Å². The van der Waals surface area contributed by atoms with Gasteiger partial charge in [0.05, 0.1) is 11.9 Å². The highest BCUT2D eigenvalue weighted by Gasteiger charge is 2.09. The number of hydrogen-bond donors (Lipinski definition) is 1. The molecule has 1 aliphatic carbocycles. The van der Waals surface area contributed by atoms with E-state index in [4.69, 9.17) is 5.26 Å². The van der Waals surface area contributed by atoms with Crippen LogP contribution in [-0.2, 0) is 0 Å². The van der Waals surface area contributed by atoms with Crippen LogP contribution in [0.4, 0.5) is 5.69 Å². The van der Waals surface area contributed by atoms with Crippen LogP contribution in [0.1, 0.15) is 25.0 Å². The number of hydrogen-bond acceptors (Lipinski definition) is 3. The number of nitriles is 1. The van der Waals surface area contributed by atoms with Crippen LogP contribution in [0, 0.1) is 17.2 Å². The average Bonchev–Trinajstić information content (AvgIpc) is 2.38. The predicted octanol–water partition coefficient (Wildman–Crippen LogP) is 2.72. The molecule has 0 aromatic carbocycles. The van der Waals surface area contributed by atoms with Crippen molar-refractivity contribution >= 4 is 5.69 Å². The molecule has 1 aromatic rings. The maximum Gasteiger partial charge on any atom is 0.140 e. The molecular weight excluding hydrogens is 198 g/mol. The minimum atomic E-state index is 0.464. The summed E-state index contributed by atoms with van der Waals surface area (Å²) in [5, 5.41) is 12.0. The number of allylic oxidation sites excluding steroid dienone is 2. The van der Waals surface area contributed by atoms with Crippen LogP contribution in [-0.4, -0.2) is 11.5 Å². The largest absolute Gasteiger partial charge is 0.384 e. The van der Waals surface area contributed by atoms with Gasteiger partial charge < -0.3 is 5.32 Å². The minimum absolute atomic E-state index is 0.464. The molecule has 1 N–H and O–H groups in total. The normalized spacial score (nSPS) is 19.1. The topological polar surface area (TPSA) is 48.7 Å². The van der Waals surface area contributed by atoms with Crippen LogP contribution in [0.25, 0.3) is 0 Å². The zero-order chi connectivity index (χ0) is 11.2. The van der Waals surface area contributed by atoms with Gasteiger partial charge >= 0.3 is 0 Å². The van der Waals surface area contributed by atoms with E-state index in [2.05, 4.69) is 22.5 Å². The lowest BCUT2D eigenvalue weighted by molar-refractivity contribution is 0.504. The maximum absolute atomic E-state index is 8.62. The highest BCUT2D eigenvalue weighted by atomic mass is 14.9. The van der Waals surface area contributed by atoms with E-state index in [0.717, 1.165) is 24.6 Å². The van der Waals surface area contributed by atoms with Gasteiger partial charge in [0, 0.05) is 6.54 Å². The molecule has 3 nitrogen and oxygen atoms in total. The van der Waals surface area contributed by atoms with Gasteiger partial charge in [-0.25, -0.2) is 4.98 Å². The third-order valence-electron chi connectivity index (χ3n) is 2.85. The lowest BCUT2D eigenvalue weighted by Crippen LogP contribution is -2.15. The third kappa shape index (κ3) is 2.83. The van der Waals surface area contributed by atoms with Crippen molar-refractivity contribution < 1.29 is 0 Å². The average molecular weight is 213 g/mol. The molecule has 0 bridgehead atoms. The first-order valence-corrected chi connectivity index (χ1v) is 5.63. The Morgan fingerprint density at radius 1 is 1.44 bits per heavy atom. The molecule has 0 radical (unpaired) electrons. The Labute approximate surface area is 95.8 Å². The second-order valence-corrected chi connectivity index (χ2v) is 4.08. The van der Waals surface area contributed by atoms with Crippen molar-refractivity contribution in [2.45, 2.75) is 19.3 Å². The van der Waals surface area contributed by atoms with E-state index in [1.54, 1.807) is 12.3 Å². The monoisotopic (exact) mass is 213 g/mol. The van der Waals surface area contributed by atoms with Crippen molar-refractivity contribution in [2.24, 2.45) is 5.92 Å². The number of rotatable bonds is 3.